The fourth-order valence-corrected chi connectivity index (χ4v) is 1.89. The molecule has 1 rings (SSSR count). The van der Waals surface area contributed by atoms with Crippen LogP contribution in [0.1, 0.15) is 12.5 Å². The molecule has 0 saturated carbocycles. The molecule has 0 aliphatic carbocycles. The van der Waals surface area contributed by atoms with E-state index in [4.69, 9.17) is 11.6 Å². The van der Waals surface area contributed by atoms with Crippen molar-refractivity contribution in [3.63, 3.8) is 0 Å². The van der Waals surface area contributed by atoms with Crippen LogP contribution in [0.25, 0.3) is 0 Å². The van der Waals surface area contributed by atoms with E-state index in [2.05, 4.69) is 16.9 Å². The van der Waals surface area contributed by atoms with Crippen molar-refractivity contribution in [3.05, 3.63) is 47.0 Å². The molecule has 0 bridgehead atoms. The van der Waals surface area contributed by atoms with E-state index in [-0.39, 0.29) is 36.4 Å². The fourth-order valence-electron chi connectivity index (χ4n) is 1.76. The smallest absolute Gasteiger partial charge is 0.243 e. The van der Waals surface area contributed by atoms with E-state index in [0.717, 1.165) is 11.1 Å². The first kappa shape index (κ1) is 22.7. The van der Waals surface area contributed by atoms with Gasteiger partial charge in [0.05, 0.1) is 0 Å². The summed E-state index contributed by atoms with van der Waals surface area (Å²) < 4.78 is 0. The monoisotopic (exact) mass is 464 g/mol. The number of carbonyl (C=O) groups is 1. The van der Waals surface area contributed by atoms with E-state index >= 15 is 0 Å². The summed E-state index contributed by atoms with van der Waals surface area (Å²) in [7, 11) is 5.37. The number of rotatable bonds is 6. The SMILES string of the molecule is C=C(C)CNC(=NCC(=O)N(C)C)N(C)Cc1ccc(Cl)cc1.I. The standard InChI is InChI=1S/C17H25ClN4O.HI/c1-13(2)10-19-17(20-11-16(23)21(3)4)22(5)12-14-6-8-15(18)9-7-14;/h6-9H,1,10-12H2,2-5H3,(H,19,20);1H. The van der Waals surface area contributed by atoms with Gasteiger partial charge in [-0.05, 0) is 24.6 Å². The molecule has 0 aliphatic rings. The van der Waals surface area contributed by atoms with Gasteiger partial charge in [-0.15, -0.1) is 24.0 Å². The lowest BCUT2D eigenvalue weighted by molar-refractivity contribution is -0.127. The summed E-state index contributed by atoms with van der Waals surface area (Å²) >= 11 is 5.91. The largest absolute Gasteiger partial charge is 0.353 e. The number of guanidine groups is 1. The first-order valence-corrected chi connectivity index (χ1v) is 7.76. The molecule has 0 radical (unpaired) electrons. The van der Waals surface area contributed by atoms with E-state index in [1.54, 1.807) is 14.1 Å². The van der Waals surface area contributed by atoms with Crippen molar-refractivity contribution in [2.45, 2.75) is 13.5 Å². The maximum Gasteiger partial charge on any atom is 0.243 e. The van der Waals surface area contributed by atoms with Crippen molar-refractivity contribution in [1.29, 1.82) is 0 Å². The highest BCUT2D eigenvalue weighted by Crippen LogP contribution is 2.11. The molecule has 0 aromatic heterocycles. The summed E-state index contributed by atoms with van der Waals surface area (Å²) in [6.07, 6.45) is 0. The van der Waals surface area contributed by atoms with Gasteiger partial charge in [0.1, 0.15) is 6.54 Å². The van der Waals surface area contributed by atoms with E-state index < -0.39 is 0 Å². The molecule has 24 heavy (non-hydrogen) atoms. The van der Waals surface area contributed by atoms with Crippen molar-refractivity contribution in [3.8, 4) is 0 Å². The van der Waals surface area contributed by atoms with Gasteiger partial charge in [-0.25, -0.2) is 4.99 Å². The molecule has 1 amide bonds. The molecule has 134 valence electrons. The summed E-state index contributed by atoms with van der Waals surface area (Å²) in [4.78, 5) is 19.6. The second kappa shape index (κ2) is 11.3. The molecule has 1 aromatic carbocycles. The molecule has 0 spiro atoms. The number of carbonyl (C=O) groups excluding carboxylic acids is 1. The van der Waals surface area contributed by atoms with Crippen molar-refractivity contribution in [2.75, 3.05) is 34.2 Å². The Labute approximate surface area is 166 Å². The number of amides is 1. The number of aliphatic imine (C=N–C) groups is 1. The molecule has 1 aromatic rings. The maximum atomic E-state index is 11.7. The Morgan fingerprint density at radius 2 is 1.83 bits per heavy atom. The number of nitrogens with one attached hydrogen (secondary N) is 1. The van der Waals surface area contributed by atoms with E-state index in [1.807, 2.05) is 43.1 Å². The third-order valence-electron chi connectivity index (χ3n) is 3.11. The molecule has 7 heteroatoms. The van der Waals surface area contributed by atoms with Gasteiger partial charge in [0.15, 0.2) is 5.96 Å². The predicted octanol–water partition coefficient (Wildman–Crippen LogP) is 3.00. The number of likely N-dealkylation sites (N-methyl/N-ethyl adjacent to an activating group) is 1. The van der Waals surface area contributed by atoms with E-state index in [0.29, 0.717) is 24.1 Å². The van der Waals surface area contributed by atoms with Gasteiger partial charge in [-0.3, -0.25) is 4.79 Å². The molecule has 5 nitrogen and oxygen atoms in total. The van der Waals surface area contributed by atoms with E-state index in [1.165, 1.54) is 4.90 Å². The Hall–Kier alpha value is -1.28. The molecular weight excluding hydrogens is 439 g/mol. The highest BCUT2D eigenvalue weighted by atomic mass is 127. The van der Waals surface area contributed by atoms with Gasteiger partial charge >= 0.3 is 0 Å². The van der Waals surface area contributed by atoms with Crippen LogP contribution in [0.2, 0.25) is 5.02 Å². The first-order chi connectivity index (χ1) is 10.8. The van der Waals surface area contributed by atoms with Crippen LogP contribution >= 0.6 is 35.6 Å². The Morgan fingerprint density at radius 1 is 1.25 bits per heavy atom. The second-order valence-electron chi connectivity index (χ2n) is 5.72. The van der Waals surface area contributed by atoms with Crippen molar-refractivity contribution >= 4 is 47.4 Å². The zero-order chi connectivity index (χ0) is 17.4. The lowest BCUT2D eigenvalue weighted by atomic mass is 10.2. The third-order valence-corrected chi connectivity index (χ3v) is 3.36. The summed E-state index contributed by atoms with van der Waals surface area (Å²) in [5, 5.41) is 3.93. The van der Waals surface area contributed by atoms with Gasteiger partial charge in [-0.2, -0.15) is 0 Å². The predicted molar refractivity (Wildman–Crippen MR) is 112 cm³/mol. The minimum Gasteiger partial charge on any atom is -0.353 e. The highest BCUT2D eigenvalue weighted by molar-refractivity contribution is 14.0. The number of hydrogen-bond donors (Lipinski definition) is 1. The number of halogens is 2. The van der Waals surface area contributed by atoms with E-state index in [9.17, 15) is 4.79 Å². The van der Waals surface area contributed by atoms with Gasteiger partial charge in [-0.1, -0.05) is 35.9 Å². The fraction of sp³-hybridized carbons (Fsp3) is 0.412. The van der Waals surface area contributed by atoms with Crippen molar-refractivity contribution in [1.82, 2.24) is 15.1 Å². The van der Waals surface area contributed by atoms with Crippen LogP contribution in [0, 0.1) is 0 Å². The molecular formula is C17H26ClIN4O. The second-order valence-corrected chi connectivity index (χ2v) is 6.16. The average molecular weight is 465 g/mol. The first-order valence-electron chi connectivity index (χ1n) is 7.38. The van der Waals surface area contributed by atoms with Gasteiger partial charge in [0.25, 0.3) is 0 Å². The number of nitrogens with zero attached hydrogens (tertiary/aromatic N) is 3. The van der Waals surface area contributed by atoms with Crippen molar-refractivity contribution in [2.24, 2.45) is 4.99 Å². The van der Waals surface area contributed by atoms with Crippen LogP contribution in [0.4, 0.5) is 0 Å². The average Bonchev–Trinajstić information content (AvgIpc) is 2.48. The minimum absolute atomic E-state index is 0. The summed E-state index contributed by atoms with van der Waals surface area (Å²) in [6.45, 7) is 7.20. The molecule has 0 saturated heterocycles. The Kier molecular flexibility index (Phi) is 10.7. The van der Waals surface area contributed by atoms with Crippen LogP contribution in [0.5, 0.6) is 0 Å². The van der Waals surface area contributed by atoms with Gasteiger partial charge < -0.3 is 15.1 Å². The van der Waals surface area contributed by atoms with Gasteiger partial charge in [0, 0.05) is 39.3 Å². The van der Waals surface area contributed by atoms with Gasteiger partial charge in [0.2, 0.25) is 5.91 Å². The molecule has 0 fully saturated rings. The lowest BCUT2D eigenvalue weighted by Gasteiger charge is -2.23. The zero-order valence-electron chi connectivity index (χ0n) is 14.7. The molecule has 0 unspecified atom stereocenters. The van der Waals surface area contributed by atoms with Crippen LogP contribution < -0.4 is 5.32 Å². The molecule has 0 aliphatic heterocycles. The topological polar surface area (TPSA) is 47.9 Å². The minimum atomic E-state index is -0.0421. The highest BCUT2D eigenvalue weighted by Gasteiger charge is 2.09. The van der Waals surface area contributed by atoms with Crippen LogP contribution in [0.3, 0.4) is 0 Å². The quantitative estimate of drug-likeness (QED) is 0.305. The lowest BCUT2D eigenvalue weighted by Crippen LogP contribution is -2.40. The summed E-state index contributed by atoms with van der Waals surface area (Å²) in [6, 6.07) is 7.66. The van der Waals surface area contributed by atoms with Crippen LogP contribution in [-0.2, 0) is 11.3 Å². The zero-order valence-corrected chi connectivity index (χ0v) is 17.8. The molecule has 0 atom stereocenters. The Morgan fingerprint density at radius 3 is 2.33 bits per heavy atom. The number of hydrogen-bond acceptors (Lipinski definition) is 2. The molecule has 0 heterocycles. The Balaban J connectivity index is 0.00000529. The van der Waals surface area contributed by atoms with Crippen LogP contribution in [0.15, 0.2) is 41.4 Å². The van der Waals surface area contributed by atoms with Crippen LogP contribution in [-0.4, -0.2) is 55.9 Å². The third kappa shape index (κ3) is 8.54. The number of benzene rings is 1. The summed E-state index contributed by atoms with van der Waals surface area (Å²) in [5.74, 6) is 0.623. The molecule has 1 N–H and O–H groups in total. The normalized spacial score (nSPS) is 10.6. The maximum absolute atomic E-state index is 11.7. The Bertz CT molecular complexity index is 572. The summed E-state index contributed by atoms with van der Waals surface area (Å²) in [5.41, 5.74) is 2.11. The van der Waals surface area contributed by atoms with Crippen molar-refractivity contribution < 1.29 is 4.79 Å².